The lowest BCUT2D eigenvalue weighted by Crippen LogP contribution is -2.41. The van der Waals surface area contributed by atoms with E-state index in [4.69, 9.17) is 10.2 Å². The summed E-state index contributed by atoms with van der Waals surface area (Å²) >= 11 is 0. The minimum absolute atomic E-state index is 0.0886. The van der Waals surface area contributed by atoms with Crippen LogP contribution < -0.4 is 5.32 Å². The molecule has 0 aliphatic rings. The Morgan fingerprint density at radius 3 is 1.68 bits per heavy atom. The van der Waals surface area contributed by atoms with Gasteiger partial charge < -0.3 is 15.5 Å². The molecule has 0 saturated heterocycles. The van der Waals surface area contributed by atoms with Crippen molar-refractivity contribution in [3.63, 3.8) is 0 Å². The van der Waals surface area contributed by atoms with Gasteiger partial charge in [0.15, 0.2) is 0 Å². The van der Waals surface area contributed by atoms with Crippen LogP contribution in [0.5, 0.6) is 0 Å². The molecule has 0 aromatic rings. The van der Waals surface area contributed by atoms with Crippen LogP contribution in [-0.2, 0) is 14.4 Å². The van der Waals surface area contributed by atoms with Crippen molar-refractivity contribution in [3.8, 4) is 0 Å². The molecule has 0 aliphatic carbocycles. The quantitative estimate of drug-likeness (QED) is 0.340. The molecule has 6 nitrogen and oxygen atoms in total. The second-order valence-corrected chi connectivity index (χ2v) is 6.68. The number of aliphatic carboxylic acids is 2. The molecule has 1 atom stereocenters. The van der Waals surface area contributed by atoms with Crippen LogP contribution in [0.4, 0.5) is 0 Å². The zero-order valence-electron chi connectivity index (χ0n) is 15.6. The second-order valence-electron chi connectivity index (χ2n) is 6.68. The highest BCUT2D eigenvalue weighted by Gasteiger charge is 2.20. The molecule has 25 heavy (non-hydrogen) atoms. The highest BCUT2D eigenvalue weighted by molar-refractivity contribution is 5.83. The van der Waals surface area contributed by atoms with Crippen LogP contribution in [0.2, 0.25) is 0 Å². The summed E-state index contributed by atoms with van der Waals surface area (Å²) in [6.07, 6.45) is 13.1. The third kappa shape index (κ3) is 15.7. The number of rotatable bonds is 17. The van der Waals surface area contributed by atoms with Crippen molar-refractivity contribution in [2.45, 2.75) is 103 Å². The molecule has 0 bridgehead atoms. The lowest BCUT2D eigenvalue weighted by atomic mass is 10.0. The summed E-state index contributed by atoms with van der Waals surface area (Å²) in [7, 11) is 0. The minimum atomic E-state index is -1.19. The normalized spacial score (nSPS) is 11.9. The number of nitrogens with one attached hydrogen (secondary N) is 1. The Balaban J connectivity index is 3.58. The van der Waals surface area contributed by atoms with Gasteiger partial charge in [0.1, 0.15) is 6.04 Å². The predicted octanol–water partition coefficient (Wildman–Crippen LogP) is 4.12. The maximum atomic E-state index is 11.7. The number of carboxylic acids is 2. The third-order valence-corrected chi connectivity index (χ3v) is 4.29. The Bertz CT molecular complexity index is 384. The predicted molar refractivity (Wildman–Crippen MR) is 97.5 cm³/mol. The van der Waals surface area contributed by atoms with Crippen molar-refractivity contribution in [1.29, 1.82) is 0 Å². The van der Waals surface area contributed by atoms with Crippen LogP contribution in [0, 0.1) is 0 Å². The summed E-state index contributed by atoms with van der Waals surface area (Å²) in [4.78, 5) is 33.2. The summed E-state index contributed by atoms with van der Waals surface area (Å²) in [6.45, 7) is 2.22. The number of unbranched alkanes of at least 4 members (excludes halogenated alkanes) is 10. The Hall–Kier alpha value is -1.59. The van der Waals surface area contributed by atoms with Crippen molar-refractivity contribution in [1.82, 2.24) is 5.32 Å². The van der Waals surface area contributed by atoms with Gasteiger partial charge in [-0.15, -0.1) is 0 Å². The molecule has 1 unspecified atom stereocenters. The molecule has 3 N–H and O–H groups in total. The average molecular weight is 357 g/mol. The Morgan fingerprint density at radius 2 is 1.24 bits per heavy atom. The lowest BCUT2D eigenvalue weighted by molar-refractivity contribution is -0.143. The van der Waals surface area contributed by atoms with Crippen LogP contribution in [0.15, 0.2) is 0 Å². The number of carbonyl (C=O) groups is 3. The molecule has 6 heteroatoms. The molecule has 146 valence electrons. The molecular formula is C19H35NO5. The maximum Gasteiger partial charge on any atom is 0.326 e. The van der Waals surface area contributed by atoms with Crippen LogP contribution >= 0.6 is 0 Å². The number of amides is 1. The molecular weight excluding hydrogens is 322 g/mol. The highest BCUT2D eigenvalue weighted by Crippen LogP contribution is 2.12. The second kappa shape index (κ2) is 15.9. The Kier molecular flexibility index (Phi) is 14.9. The minimum Gasteiger partial charge on any atom is -0.481 e. The zero-order chi connectivity index (χ0) is 18.9. The smallest absolute Gasteiger partial charge is 0.326 e. The molecule has 0 aliphatic heterocycles. The first kappa shape index (κ1) is 23.4. The van der Waals surface area contributed by atoms with E-state index in [-0.39, 0.29) is 18.7 Å². The van der Waals surface area contributed by atoms with Gasteiger partial charge in [0, 0.05) is 12.8 Å². The number of hydrogen-bond donors (Lipinski definition) is 3. The van der Waals surface area contributed by atoms with Gasteiger partial charge in [-0.05, 0) is 12.8 Å². The number of carbonyl (C=O) groups excluding carboxylic acids is 1. The summed E-state index contributed by atoms with van der Waals surface area (Å²) in [6, 6.07) is -1.11. The molecule has 0 radical (unpaired) electrons. The van der Waals surface area contributed by atoms with E-state index in [1.54, 1.807) is 0 Å². The highest BCUT2D eigenvalue weighted by atomic mass is 16.4. The van der Waals surface area contributed by atoms with E-state index >= 15 is 0 Å². The fraction of sp³-hybridized carbons (Fsp3) is 0.842. The third-order valence-electron chi connectivity index (χ3n) is 4.29. The van der Waals surface area contributed by atoms with E-state index in [1.165, 1.54) is 51.4 Å². The SMILES string of the molecule is CCCCCCCCCCCCCC(=O)NC(CCC(=O)O)C(=O)O. The van der Waals surface area contributed by atoms with Gasteiger partial charge in [-0.2, -0.15) is 0 Å². The lowest BCUT2D eigenvalue weighted by Gasteiger charge is -2.13. The van der Waals surface area contributed by atoms with Crippen molar-refractivity contribution in [3.05, 3.63) is 0 Å². The van der Waals surface area contributed by atoms with Crippen molar-refractivity contribution < 1.29 is 24.6 Å². The first-order valence-electron chi connectivity index (χ1n) is 9.71. The van der Waals surface area contributed by atoms with Gasteiger partial charge in [0.25, 0.3) is 0 Å². The molecule has 0 aromatic carbocycles. The van der Waals surface area contributed by atoms with Crippen LogP contribution in [0.1, 0.15) is 96.8 Å². The van der Waals surface area contributed by atoms with E-state index in [1.807, 2.05) is 0 Å². The summed E-state index contributed by atoms with van der Waals surface area (Å²) in [5, 5.41) is 20.0. The summed E-state index contributed by atoms with van der Waals surface area (Å²) in [5.74, 6) is -2.56. The van der Waals surface area contributed by atoms with Crippen LogP contribution in [0.25, 0.3) is 0 Å². The molecule has 0 fully saturated rings. The zero-order valence-corrected chi connectivity index (χ0v) is 15.6. The van der Waals surface area contributed by atoms with Crippen LogP contribution in [0.3, 0.4) is 0 Å². The maximum absolute atomic E-state index is 11.7. The topological polar surface area (TPSA) is 104 Å². The molecule has 0 saturated carbocycles. The van der Waals surface area contributed by atoms with Gasteiger partial charge in [0.2, 0.25) is 5.91 Å². The molecule has 0 spiro atoms. The van der Waals surface area contributed by atoms with Gasteiger partial charge in [-0.3, -0.25) is 9.59 Å². The number of carboxylic acid groups (broad SMARTS) is 2. The standard InChI is InChI=1S/C19H35NO5/c1-2-3-4-5-6-7-8-9-10-11-12-13-17(21)20-16(19(24)25)14-15-18(22)23/h16H,2-15H2,1H3,(H,20,21)(H,22,23)(H,24,25). The average Bonchev–Trinajstić information content (AvgIpc) is 2.56. The molecule has 1 amide bonds. The van der Waals surface area contributed by atoms with Gasteiger partial charge in [-0.25, -0.2) is 4.79 Å². The molecule has 0 heterocycles. The van der Waals surface area contributed by atoms with Crippen molar-refractivity contribution >= 4 is 17.8 Å². The van der Waals surface area contributed by atoms with Gasteiger partial charge in [0.05, 0.1) is 0 Å². The summed E-state index contributed by atoms with van der Waals surface area (Å²) in [5.41, 5.74) is 0. The van der Waals surface area contributed by atoms with E-state index in [0.29, 0.717) is 6.42 Å². The molecule has 0 aromatic heterocycles. The first-order chi connectivity index (χ1) is 12.0. The van der Waals surface area contributed by atoms with Gasteiger partial charge >= 0.3 is 11.9 Å². The fourth-order valence-corrected chi connectivity index (χ4v) is 2.74. The van der Waals surface area contributed by atoms with Crippen molar-refractivity contribution in [2.24, 2.45) is 0 Å². The number of hydrogen-bond acceptors (Lipinski definition) is 3. The molecule has 0 rings (SSSR count). The first-order valence-corrected chi connectivity index (χ1v) is 9.71. The van der Waals surface area contributed by atoms with E-state index < -0.39 is 18.0 Å². The largest absolute Gasteiger partial charge is 0.481 e. The van der Waals surface area contributed by atoms with Crippen molar-refractivity contribution in [2.75, 3.05) is 0 Å². The summed E-state index contributed by atoms with van der Waals surface area (Å²) < 4.78 is 0. The Morgan fingerprint density at radius 1 is 0.760 bits per heavy atom. The Labute approximate surface area is 151 Å². The fourth-order valence-electron chi connectivity index (χ4n) is 2.74. The van der Waals surface area contributed by atoms with Gasteiger partial charge in [-0.1, -0.05) is 71.1 Å². The van der Waals surface area contributed by atoms with E-state index in [0.717, 1.165) is 19.3 Å². The van der Waals surface area contributed by atoms with E-state index in [9.17, 15) is 14.4 Å². The van der Waals surface area contributed by atoms with Crippen LogP contribution in [-0.4, -0.2) is 34.1 Å². The van der Waals surface area contributed by atoms with E-state index in [2.05, 4.69) is 12.2 Å². The monoisotopic (exact) mass is 357 g/mol.